The molecule has 2 aromatic rings. The van der Waals surface area contributed by atoms with Crippen LogP contribution in [-0.2, 0) is 4.74 Å². The van der Waals surface area contributed by atoms with Gasteiger partial charge in [-0.2, -0.15) is 0 Å². The Bertz CT molecular complexity index is 745. The molecule has 0 spiro atoms. The average molecular weight is 339 g/mol. The first-order valence-electron chi connectivity index (χ1n) is 8.59. The molecule has 1 heterocycles. The van der Waals surface area contributed by atoms with E-state index in [0.717, 1.165) is 11.1 Å². The Kier molecular flexibility index (Phi) is 4.19. The SMILES string of the molecule is O=C(OCC1c2ccccc2-c2ccccc21)N1C[C@H](O)C[C@@H]1CO. The molecule has 0 bridgehead atoms. The molecule has 2 aliphatic rings. The number of carbonyl (C=O) groups is 1. The van der Waals surface area contributed by atoms with Crippen molar-refractivity contribution in [2.45, 2.75) is 24.5 Å². The average Bonchev–Trinajstić information content (AvgIpc) is 3.18. The first-order chi connectivity index (χ1) is 12.2. The number of β-amino-alcohol motifs (C(OH)–C–C–N with tert-alkyl or cyclic N) is 1. The molecule has 2 aromatic carbocycles. The highest BCUT2D eigenvalue weighted by Crippen LogP contribution is 2.44. The van der Waals surface area contributed by atoms with Crippen LogP contribution in [0.15, 0.2) is 48.5 Å². The summed E-state index contributed by atoms with van der Waals surface area (Å²) in [5.41, 5.74) is 4.70. The van der Waals surface area contributed by atoms with Gasteiger partial charge in [-0.05, 0) is 28.7 Å². The minimum absolute atomic E-state index is 0.0106. The van der Waals surface area contributed by atoms with E-state index >= 15 is 0 Å². The molecule has 0 saturated carbocycles. The molecule has 0 radical (unpaired) electrons. The summed E-state index contributed by atoms with van der Waals surface area (Å²) in [7, 11) is 0. The molecule has 0 aromatic heterocycles. The lowest BCUT2D eigenvalue weighted by Gasteiger charge is -2.23. The fourth-order valence-corrected chi connectivity index (χ4v) is 3.97. The number of benzene rings is 2. The monoisotopic (exact) mass is 339 g/mol. The largest absolute Gasteiger partial charge is 0.448 e. The zero-order valence-electron chi connectivity index (χ0n) is 13.8. The minimum atomic E-state index is -0.599. The van der Waals surface area contributed by atoms with E-state index in [4.69, 9.17) is 4.74 Å². The maximum atomic E-state index is 12.4. The lowest BCUT2D eigenvalue weighted by molar-refractivity contribution is 0.0803. The number of fused-ring (bicyclic) bond motifs is 3. The number of likely N-dealkylation sites (tertiary alicyclic amines) is 1. The van der Waals surface area contributed by atoms with Crippen LogP contribution in [0.1, 0.15) is 23.5 Å². The highest BCUT2D eigenvalue weighted by atomic mass is 16.6. The molecule has 1 fully saturated rings. The van der Waals surface area contributed by atoms with Crippen molar-refractivity contribution in [3.05, 3.63) is 59.7 Å². The third-order valence-corrected chi connectivity index (χ3v) is 5.17. The third-order valence-electron chi connectivity index (χ3n) is 5.17. The molecule has 4 rings (SSSR count). The van der Waals surface area contributed by atoms with Crippen molar-refractivity contribution in [3.63, 3.8) is 0 Å². The summed E-state index contributed by atoms with van der Waals surface area (Å²) in [5, 5.41) is 19.1. The number of hydrogen-bond donors (Lipinski definition) is 2. The van der Waals surface area contributed by atoms with E-state index in [-0.39, 0.29) is 31.7 Å². The standard InChI is InChI=1S/C20H21NO4/c22-11-13-9-14(23)10-21(13)20(24)25-12-19-17-7-3-1-5-15(17)16-6-2-4-8-18(16)19/h1-8,13-14,19,22-23H,9-12H2/t13-,14-/m1/s1. The number of rotatable bonds is 3. The van der Waals surface area contributed by atoms with Gasteiger partial charge in [0.2, 0.25) is 0 Å². The first kappa shape index (κ1) is 16.1. The van der Waals surface area contributed by atoms with Crippen LogP contribution in [0.2, 0.25) is 0 Å². The van der Waals surface area contributed by atoms with Gasteiger partial charge in [0.1, 0.15) is 6.61 Å². The third kappa shape index (κ3) is 2.79. The number of aliphatic hydroxyl groups excluding tert-OH is 2. The Balaban J connectivity index is 1.53. The lowest BCUT2D eigenvalue weighted by atomic mass is 9.98. The lowest BCUT2D eigenvalue weighted by Crippen LogP contribution is -2.38. The Morgan fingerprint density at radius 3 is 2.28 bits per heavy atom. The summed E-state index contributed by atoms with van der Waals surface area (Å²) in [4.78, 5) is 13.9. The number of aliphatic hydroxyl groups is 2. The number of amides is 1. The van der Waals surface area contributed by atoms with Gasteiger partial charge in [0.25, 0.3) is 0 Å². The van der Waals surface area contributed by atoms with Gasteiger partial charge in [0, 0.05) is 5.92 Å². The van der Waals surface area contributed by atoms with Crippen molar-refractivity contribution in [2.24, 2.45) is 0 Å². The van der Waals surface area contributed by atoms with Crippen LogP contribution in [-0.4, -0.2) is 53.1 Å². The van der Waals surface area contributed by atoms with Crippen LogP contribution in [0.25, 0.3) is 11.1 Å². The fourth-order valence-electron chi connectivity index (χ4n) is 3.97. The highest BCUT2D eigenvalue weighted by molar-refractivity contribution is 5.79. The molecular formula is C20H21NO4. The molecule has 2 N–H and O–H groups in total. The topological polar surface area (TPSA) is 70.0 Å². The van der Waals surface area contributed by atoms with Gasteiger partial charge in [-0.15, -0.1) is 0 Å². The van der Waals surface area contributed by atoms with Gasteiger partial charge in [-0.1, -0.05) is 48.5 Å². The second kappa shape index (κ2) is 6.50. The summed E-state index contributed by atoms with van der Waals surface area (Å²) >= 11 is 0. The van der Waals surface area contributed by atoms with E-state index in [0.29, 0.717) is 6.42 Å². The molecule has 1 amide bonds. The van der Waals surface area contributed by atoms with Crippen molar-refractivity contribution in [1.29, 1.82) is 0 Å². The van der Waals surface area contributed by atoms with Gasteiger partial charge in [-0.25, -0.2) is 4.79 Å². The summed E-state index contributed by atoms with van der Waals surface area (Å²) in [6.07, 6.45) is -0.684. The molecule has 2 atom stereocenters. The van der Waals surface area contributed by atoms with E-state index in [1.807, 2.05) is 24.3 Å². The van der Waals surface area contributed by atoms with Gasteiger partial charge >= 0.3 is 6.09 Å². The molecule has 25 heavy (non-hydrogen) atoms. The zero-order valence-corrected chi connectivity index (χ0v) is 13.8. The summed E-state index contributed by atoms with van der Waals surface area (Å²) in [5.74, 6) is 0.0106. The van der Waals surface area contributed by atoms with Gasteiger partial charge < -0.3 is 19.8 Å². The van der Waals surface area contributed by atoms with Crippen LogP contribution < -0.4 is 0 Å². The van der Waals surface area contributed by atoms with Gasteiger partial charge in [0.05, 0.1) is 25.3 Å². The number of nitrogens with zero attached hydrogens (tertiary/aromatic N) is 1. The van der Waals surface area contributed by atoms with Crippen LogP contribution >= 0.6 is 0 Å². The van der Waals surface area contributed by atoms with Crippen LogP contribution in [0.5, 0.6) is 0 Å². The molecule has 1 aliphatic carbocycles. The molecule has 5 nitrogen and oxygen atoms in total. The zero-order chi connectivity index (χ0) is 17.4. The summed E-state index contributed by atoms with van der Waals surface area (Å²) in [6.45, 7) is 0.292. The smallest absolute Gasteiger partial charge is 0.410 e. The maximum Gasteiger partial charge on any atom is 0.410 e. The summed E-state index contributed by atoms with van der Waals surface area (Å²) in [6, 6.07) is 16.0. The van der Waals surface area contributed by atoms with Crippen molar-refractivity contribution in [3.8, 4) is 11.1 Å². The highest BCUT2D eigenvalue weighted by Gasteiger charge is 2.36. The maximum absolute atomic E-state index is 12.4. The number of hydrogen-bond acceptors (Lipinski definition) is 4. The molecule has 1 saturated heterocycles. The Morgan fingerprint density at radius 2 is 1.68 bits per heavy atom. The Morgan fingerprint density at radius 1 is 1.08 bits per heavy atom. The summed E-state index contributed by atoms with van der Waals surface area (Å²) < 4.78 is 5.57. The molecule has 1 aliphatic heterocycles. The number of carbonyl (C=O) groups excluding carboxylic acids is 1. The second-order valence-corrected chi connectivity index (χ2v) is 6.68. The van der Waals surface area contributed by atoms with Crippen molar-refractivity contribution in [2.75, 3.05) is 19.8 Å². The van der Waals surface area contributed by atoms with Crippen LogP contribution in [0, 0.1) is 0 Å². The van der Waals surface area contributed by atoms with E-state index in [1.165, 1.54) is 16.0 Å². The van der Waals surface area contributed by atoms with Gasteiger partial charge in [0.15, 0.2) is 0 Å². The molecule has 5 heteroatoms. The van der Waals surface area contributed by atoms with E-state index in [1.54, 1.807) is 0 Å². The van der Waals surface area contributed by atoms with Crippen molar-refractivity contribution < 1.29 is 19.7 Å². The predicted octanol–water partition coefficient (Wildman–Crippen LogP) is 2.36. The first-order valence-corrected chi connectivity index (χ1v) is 8.59. The Hall–Kier alpha value is -2.37. The molecule has 130 valence electrons. The van der Waals surface area contributed by atoms with Crippen molar-refractivity contribution >= 4 is 6.09 Å². The molecule has 0 unspecified atom stereocenters. The van der Waals surface area contributed by atoms with Crippen LogP contribution in [0.3, 0.4) is 0 Å². The quantitative estimate of drug-likeness (QED) is 0.901. The van der Waals surface area contributed by atoms with E-state index < -0.39 is 12.2 Å². The minimum Gasteiger partial charge on any atom is -0.448 e. The van der Waals surface area contributed by atoms with E-state index in [9.17, 15) is 15.0 Å². The van der Waals surface area contributed by atoms with Gasteiger partial charge in [-0.3, -0.25) is 0 Å². The predicted molar refractivity (Wildman–Crippen MR) is 93.3 cm³/mol. The molecular weight excluding hydrogens is 318 g/mol. The van der Waals surface area contributed by atoms with E-state index in [2.05, 4.69) is 24.3 Å². The number of ether oxygens (including phenoxy) is 1. The second-order valence-electron chi connectivity index (χ2n) is 6.68. The fraction of sp³-hybridized carbons (Fsp3) is 0.350. The normalized spacial score (nSPS) is 21.9. The van der Waals surface area contributed by atoms with Crippen LogP contribution in [0.4, 0.5) is 4.79 Å². The van der Waals surface area contributed by atoms with Crippen molar-refractivity contribution in [1.82, 2.24) is 4.90 Å². The Labute approximate surface area is 146 Å².